The topological polar surface area (TPSA) is 54.5 Å². The molecule has 5 nitrogen and oxygen atoms in total. The van der Waals surface area contributed by atoms with E-state index in [1.165, 1.54) is 35.2 Å². The molecule has 1 aromatic carbocycles. The number of halogens is 1. The van der Waals surface area contributed by atoms with Crippen LogP contribution < -0.4 is 10.2 Å². The molecule has 2 heterocycles. The van der Waals surface area contributed by atoms with E-state index in [0.29, 0.717) is 0 Å². The van der Waals surface area contributed by atoms with E-state index in [-0.39, 0.29) is 17.7 Å². The number of fused-ring (bicyclic) bond motifs is 2. The maximum Gasteiger partial charge on any atom is 0.407 e. The lowest BCUT2D eigenvalue weighted by Crippen LogP contribution is -2.42. The van der Waals surface area contributed by atoms with E-state index < -0.39 is 0 Å². The zero-order chi connectivity index (χ0) is 19.9. The average molecular weight is 446 g/mol. The smallest absolute Gasteiger partial charge is 0.407 e. The molecule has 1 aliphatic heterocycles. The van der Waals surface area contributed by atoms with Crippen LogP contribution in [0.15, 0.2) is 22.7 Å². The van der Waals surface area contributed by atoms with Crippen molar-refractivity contribution in [3.05, 3.63) is 33.9 Å². The van der Waals surface area contributed by atoms with Crippen LogP contribution in [-0.4, -0.2) is 35.8 Å². The first kappa shape index (κ1) is 19.5. The minimum Gasteiger partial charge on any atom is -0.444 e. The lowest BCUT2D eigenvalue weighted by atomic mass is 9.92. The van der Waals surface area contributed by atoms with E-state index in [2.05, 4.69) is 44.3 Å². The van der Waals surface area contributed by atoms with Crippen molar-refractivity contribution in [2.75, 3.05) is 18.0 Å². The van der Waals surface area contributed by atoms with E-state index in [1.807, 2.05) is 20.8 Å². The third-order valence-corrected chi connectivity index (χ3v) is 5.90. The van der Waals surface area contributed by atoms with Gasteiger partial charge in [0.05, 0.1) is 17.7 Å². The lowest BCUT2D eigenvalue weighted by Gasteiger charge is -2.28. The van der Waals surface area contributed by atoms with Gasteiger partial charge < -0.3 is 15.0 Å². The molecule has 150 valence electrons. The molecule has 4 rings (SSSR count). The highest BCUT2D eigenvalue weighted by atomic mass is 79.9. The first-order chi connectivity index (χ1) is 13.3. The molecule has 0 spiro atoms. The van der Waals surface area contributed by atoms with E-state index in [4.69, 9.17) is 9.72 Å². The Kier molecular flexibility index (Phi) is 5.25. The highest BCUT2D eigenvalue weighted by Gasteiger charge is 2.31. The van der Waals surface area contributed by atoms with Crippen LogP contribution in [0, 0.1) is 0 Å². The number of nitrogens with one attached hydrogen (secondary N) is 1. The van der Waals surface area contributed by atoms with Gasteiger partial charge >= 0.3 is 6.09 Å². The number of rotatable bonds is 2. The van der Waals surface area contributed by atoms with Crippen molar-refractivity contribution in [3.63, 3.8) is 0 Å². The van der Waals surface area contributed by atoms with E-state index in [9.17, 15) is 4.79 Å². The first-order valence-corrected chi connectivity index (χ1v) is 10.9. The predicted molar refractivity (Wildman–Crippen MR) is 116 cm³/mol. The van der Waals surface area contributed by atoms with Gasteiger partial charge in [0, 0.05) is 34.1 Å². The molecule has 2 aromatic rings. The molecule has 0 saturated carbocycles. The molecule has 1 amide bonds. The second-order valence-electron chi connectivity index (χ2n) is 8.89. The number of anilines is 1. The summed E-state index contributed by atoms with van der Waals surface area (Å²) in [6.45, 7) is 7.51. The minimum absolute atomic E-state index is 0.0861. The molecular formula is C22H28BrN3O2. The number of benzene rings is 1. The Labute approximate surface area is 175 Å². The van der Waals surface area contributed by atoms with Crippen LogP contribution in [-0.2, 0) is 17.6 Å². The van der Waals surface area contributed by atoms with Gasteiger partial charge in [-0.15, -0.1) is 0 Å². The number of pyridine rings is 1. The molecule has 1 saturated heterocycles. The monoisotopic (exact) mass is 445 g/mol. The number of hydrogen-bond acceptors (Lipinski definition) is 4. The molecule has 0 bridgehead atoms. The summed E-state index contributed by atoms with van der Waals surface area (Å²) in [5.41, 5.74) is 4.68. The highest BCUT2D eigenvalue weighted by Crippen LogP contribution is 2.38. The van der Waals surface area contributed by atoms with Crippen LogP contribution >= 0.6 is 15.9 Å². The van der Waals surface area contributed by atoms with Crippen molar-refractivity contribution in [1.82, 2.24) is 10.3 Å². The molecular weight excluding hydrogens is 418 g/mol. The fourth-order valence-electron chi connectivity index (χ4n) is 4.25. The summed E-state index contributed by atoms with van der Waals surface area (Å²) in [5, 5.41) is 4.08. The van der Waals surface area contributed by atoms with Crippen LogP contribution in [0.5, 0.6) is 0 Å². The van der Waals surface area contributed by atoms with Crippen molar-refractivity contribution >= 4 is 38.6 Å². The number of aromatic nitrogens is 1. The molecule has 2 aliphatic rings. The van der Waals surface area contributed by atoms with Gasteiger partial charge in [0.2, 0.25) is 0 Å². The summed E-state index contributed by atoms with van der Waals surface area (Å²) in [6.07, 6.45) is 4.98. The zero-order valence-corrected chi connectivity index (χ0v) is 18.4. The maximum absolute atomic E-state index is 12.2. The quantitative estimate of drug-likeness (QED) is 0.707. The molecule has 1 aromatic heterocycles. The van der Waals surface area contributed by atoms with Gasteiger partial charge in [0.25, 0.3) is 0 Å². The number of hydrogen-bond donors (Lipinski definition) is 1. The Morgan fingerprint density at radius 3 is 2.86 bits per heavy atom. The third-order valence-electron chi connectivity index (χ3n) is 5.41. The fraction of sp³-hybridized carbons (Fsp3) is 0.545. The Morgan fingerprint density at radius 2 is 2.07 bits per heavy atom. The van der Waals surface area contributed by atoms with Crippen LogP contribution in [0.3, 0.4) is 0 Å². The second-order valence-corrected chi connectivity index (χ2v) is 9.81. The van der Waals surface area contributed by atoms with E-state index >= 15 is 0 Å². The standard InChI is InChI=1S/C22H28BrN3O2/c1-22(2,3)25-21(27)28-15-10-11-26(13-15)20-16-6-4-5-7-18(16)24-19-9-8-14(23)12-17(19)20/h8-9,12,15H,4-7,10-11,13H2,1-3H3,(H,25,27)/t15-/m1/s1. The molecule has 1 fully saturated rings. The first-order valence-electron chi connectivity index (χ1n) is 10.1. The Bertz CT molecular complexity index is 907. The Balaban J connectivity index is 1.62. The second kappa shape index (κ2) is 7.54. The summed E-state index contributed by atoms with van der Waals surface area (Å²) in [5.74, 6) is 0. The number of amides is 1. The van der Waals surface area contributed by atoms with Crippen molar-refractivity contribution in [3.8, 4) is 0 Å². The molecule has 6 heteroatoms. The fourth-order valence-corrected chi connectivity index (χ4v) is 4.61. The molecule has 28 heavy (non-hydrogen) atoms. The van der Waals surface area contributed by atoms with Gasteiger partial charge in [0.1, 0.15) is 6.10 Å². The molecule has 1 atom stereocenters. The van der Waals surface area contributed by atoms with E-state index in [1.54, 1.807) is 0 Å². The van der Waals surface area contributed by atoms with Gasteiger partial charge in [-0.25, -0.2) is 4.79 Å². The minimum atomic E-state index is -0.330. The summed E-state index contributed by atoms with van der Waals surface area (Å²) in [6, 6.07) is 6.33. The van der Waals surface area contributed by atoms with Crippen molar-refractivity contribution in [2.45, 2.75) is 64.5 Å². The van der Waals surface area contributed by atoms with Crippen molar-refractivity contribution in [1.29, 1.82) is 0 Å². The summed E-state index contributed by atoms with van der Waals surface area (Å²) in [4.78, 5) is 19.5. The van der Waals surface area contributed by atoms with Gasteiger partial charge in [-0.05, 0) is 70.2 Å². The number of carbonyl (C=O) groups is 1. The zero-order valence-electron chi connectivity index (χ0n) is 16.8. The molecule has 1 N–H and O–H groups in total. The highest BCUT2D eigenvalue weighted by molar-refractivity contribution is 9.10. The largest absolute Gasteiger partial charge is 0.444 e. The van der Waals surface area contributed by atoms with Crippen molar-refractivity contribution in [2.24, 2.45) is 0 Å². The van der Waals surface area contributed by atoms with Gasteiger partial charge in [-0.3, -0.25) is 4.98 Å². The molecule has 0 radical (unpaired) electrons. The Morgan fingerprint density at radius 1 is 1.29 bits per heavy atom. The van der Waals surface area contributed by atoms with Crippen LogP contribution in [0.1, 0.15) is 51.3 Å². The average Bonchev–Trinajstić information content (AvgIpc) is 3.05. The number of aryl methyl sites for hydroxylation is 1. The summed E-state index contributed by atoms with van der Waals surface area (Å²) >= 11 is 3.62. The van der Waals surface area contributed by atoms with Crippen molar-refractivity contribution < 1.29 is 9.53 Å². The number of alkyl carbamates (subject to hydrolysis) is 1. The van der Waals surface area contributed by atoms with Crippen LogP contribution in [0.2, 0.25) is 0 Å². The van der Waals surface area contributed by atoms with E-state index in [0.717, 1.165) is 42.3 Å². The van der Waals surface area contributed by atoms with Crippen LogP contribution in [0.4, 0.5) is 10.5 Å². The SMILES string of the molecule is CC(C)(C)NC(=O)O[C@@H]1CCN(c2c3c(nc4ccc(Br)cc24)CCCC3)C1. The maximum atomic E-state index is 12.2. The van der Waals surface area contributed by atoms with Crippen LogP contribution in [0.25, 0.3) is 10.9 Å². The predicted octanol–water partition coefficient (Wildman–Crippen LogP) is 4.98. The number of carbonyl (C=O) groups excluding carboxylic acids is 1. The summed E-state index contributed by atoms with van der Waals surface area (Å²) in [7, 11) is 0. The molecule has 1 aliphatic carbocycles. The lowest BCUT2D eigenvalue weighted by molar-refractivity contribution is 0.101. The number of ether oxygens (including phenoxy) is 1. The summed E-state index contributed by atoms with van der Waals surface area (Å²) < 4.78 is 6.77. The Hall–Kier alpha value is -1.82. The molecule has 0 unspecified atom stereocenters. The van der Waals surface area contributed by atoms with Gasteiger partial charge in [-0.2, -0.15) is 0 Å². The number of nitrogens with zero attached hydrogens (tertiary/aromatic N) is 2. The normalized spacial score (nSPS) is 19.6. The van der Waals surface area contributed by atoms with Gasteiger partial charge in [-0.1, -0.05) is 15.9 Å². The van der Waals surface area contributed by atoms with Gasteiger partial charge in [0.15, 0.2) is 0 Å². The third kappa shape index (κ3) is 4.12.